The molecule has 1 rings (SSSR count). The highest BCUT2D eigenvalue weighted by molar-refractivity contribution is 5.94. The molecule has 1 aromatic carbocycles. The molecule has 0 radical (unpaired) electrons. The minimum atomic E-state index is -1.31. The van der Waals surface area contributed by atoms with Gasteiger partial charge in [-0.25, -0.2) is 4.79 Å². The van der Waals surface area contributed by atoms with E-state index in [1.54, 1.807) is 45.0 Å². The van der Waals surface area contributed by atoms with Crippen molar-refractivity contribution in [3.63, 3.8) is 0 Å². The Morgan fingerprint density at radius 3 is 2.15 bits per heavy atom. The number of benzene rings is 1. The average Bonchev–Trinajstić information content (AvgIpc) is 2.86. The number of carbonyl (C=O) groups excluding carboxylic acids is 4. The van der Waals surface area contributed by atoms with Gasteiger partial charge in [0.25, 0.3) is 0 Å². The standard InChI is InChI=1S/C31H48N4O5/c1-8-11-12-13-14-20-35(29(38)25(21-26(32)36)34-30(39)40-31(5,6)7)27(28(37)33-22(4)15-9-2)24-18-16-23(10-3)17-19-24/h3,16-19,22,25,27H,8-9,11-15,20-21H2,1-2,4-7H3,(H2,32,36)(H,33,37)(H,34,39). The summed E-state index contributed by atoms with van der Waals surface area (Å²) in [5.41, 5.74) is 5.85. The number of ether oxygens (including phenoxy) is 1. The third-order valence-electron chi connectivity index (χ3n) is 6.24. The van der Waals surface area contributed by atoms with Crippen molar-refractivity contribution in [2.75, 3.05) is 6.54 Å². The van der Waals surface area contributed by atoms with Crippen LogP contribution in [0.25, 0.3) is 0 Å². The molecule has 4 amide bonds. The zero-order valence-electron chi connectivity index (χ0n) is 25.0. The van der Waals surface area contributed by atoms with Crippen LogP contribution in [0.4, 0.5) is 4.79 Å². The van der Waals surface area contributed by atoms with Gasteiger partial charge in [-0.3, -0.25) is 14.4 Å². The summed E-state index contributed by atoms with van der Waals surface area (Å²) >= 11 is 0. The number of nitrogens with two attached hydrogens (primary N) is 1. The van der Waals surface area contributed by atoms with Gasteiger partial charge in [0.15, 0.2) is 0 Å². The van der Waals surface area contributed by atoms with E-state index in [0.29, 0.717) is 17.5 Å². The average molecular weight is 557 g/mol. The number of hydrogen-bond donors (Lipinski definition) is 3. The highest BCUT2D eigenvalue weighted by Gasteiger charge is 2.37. The van der Waals surface area contributed by atoms with Gasteiger partial charge in [-0.05, 0) is 58.2 Å². The summed E-state index contributed by atoms with van der Waals surface area (Å²) in [5.74, 6) is 0.845. The lowest BCUT2D eigenvalue weighted by Gasteiger charge is -2.35. The minimum absolute atomic E-state index is 0.118. The van der Waals surface area contributed by atoms with Crippen LogP contribution in [-0.2, 0) is 19.1 Å². The summed E-state index contributed by atoms with van der Waals surface area (Å²) in [6, 6.07) is 4.45. The van der Waals surface area contributed by atoms with Crippen LogP contribution < -0.4 is 16.4 Å². The fourth-order valence-electron chi connectivity index (χ4n) is 4.36. The van der Waals surface area contributed by atoms with E-state index in [0.717, 1.165) is 38.5 Å². The van der Waals surface area contributed by atoms with Crippen LogP contribution in [0.1, 0.15) is 110 Å². The van der Waals surface area contributed by atoms with Crippen molar-refractivity contribution in [1.82, 2.24) is 15.5 Å². The van der Waals surface area contributed by atoms with Crippen molar-refractivity contribution in [2.24, 2.45) is 5.73 Å². The summed E-state index contributed by atoms with van der Waals surface area (Å²) in [6.45, 7) is 11.4. The van der Waals surface area contributed by atoms with Crippen molar-refractivity contribution in [2.45, 2.75) is 117 Å². The Morgan fingerprint density at radius 1 is 1.00 bits per heavy atom. The van der Waals surface area contributed by atoms with Crippen molar-refractivity contribution in [1.29, 1.82) is 0 Å². The Labute approximate surface area is 240 Å². The van der Waals surface area contributed by atoms with E-state index >= 15 is 0 Å². The number of amides is 4. The highest BCUT2D eigenvalue weighted by atomic mass is 16.6. The number of unbranched alkanes of at least 4 members (excludes halogenated alkanes) is 4. The van der Waals surface area contributed by atoms with Crippen LogP contribution in [0.5, 0.6) is 0 Å². The smallest absolute Gasteiger partial charge is 0.408 e. The molecule has 0 spiro atoms. The summed E-state index contributed by atoms with van der Waals surface area (Å²) in [6.07, 6.45) is 10.5. The van der Waals surface area contributed by atoms with Crippen LogP contribution in [0.3, 0.4) is 0 Å². The zero-order valence-corrected chi connectivity index (χ0v) is 25.0. The van der Waals surface area contributed by atoms with Gasteiger partial charge in [-0.2, -0.15) is 0 Å². The van der Waals surface area contributed by atoms with E-state index in [1.807, 2.05) is 13.8 Å². The third kappa shape index (κ3) is 12.5. The topological polar surface area (TPSA) is 131 Å². The first kappa shape index (κ1) is 34.5. The SMILES string of the molecule is C#Cc1ccc(C(C(=O)NC(C)CCC)N(CCCCCCC)C(=O)C(CC(N)=O)NC(=O)OC(C)(C)C)cc1. The predicted molar refractivity (Wildman–Crippen MR) is 157 cm³/mol. The maximum atomic E-state index is 14.1. The Bertz CT molecular complexity index is 1010. The van der Waals surface area contributed by atoms with Gasteiger partial charge in [-0.15, -0.1) is 6.42 Å². The predicted octanol–water partition coefficient (Wildman–Crippen LogP) is 4.58. The summed E-state index contributed by atoms with van der Waals surface area (Å²) in [4.78, 5) is 53.9. The van der Waals surface area contributed by atoms with E-state index < -0.39 is 42.0 Å². The van der Waals surface area contributed by atoms with Crippen LogP contribution in [0.15, 0.2) is 24.3 Å². The molecule has 0 aromatic heterocycles. The van der Waals surface area contributed by atoms with Gasteiger partial charge in [0.05, 0.1) is 6.42 Å². The molecule has 0 fully saturated rings. The molecule has 9 heteroatoms. The van der Waals surface area contributed by atoms with Gasteiger partial charge < -0.3 is 26.0 Å². The van der Waals surface area contributed by atoms with Crippen LogP contribution in [0, 0.1) is 12.3 Å². The largest absolute Gasteiger partial charge is 0.444 e. The molecule has 0 saturated heterocycles. The first-order valence-electron chi connectivity index (χ1n) is 14.3. The van der Waals surface area contributed by atoms with Crippen molar-refractivity contribution < 1.29 is 23.9 Å². The maximum Gasteiger partial charge on any atom is 0.408 e. The van der Waals surface area contributed by atoms with Crippen LogP contribution in [0.2, 0.25) is 0 Å². The molecular formula is C31H48N4O5. The molecule has 0 aliphatic rings. The van der Waals surface area contributed by atoms with E-state index in [1.165, 1.54) is 4.90 Å². The Morgan fingerprint density at radius 2 is 1.62 bits per heavy atom. The Hall–Kier alpha value is -3.54. The summed E-state index contributed by atoms with van der Waals surface area (Å²) in [5, 5.41) is 5.54. The lowest BCUT2D eigenvalue weighted by Crippen LogP contribution is -2.54. The van der Waals surface area contributed by atoms with Gasteiger partial charge in [-0.1, -0.05) is 64.0 Å². The lowest BCUT2D eigenvalue weighted by molar-refractivity contribution is -0.143. The van der Waals surface area contributed by atoms with E-state index in [9.17, 15) is 19.2 Å². The number of alkyl carbamates (subject to hydrolysis) is 1. The van der Waals surface area contributed by atoms with Gasteiger partial charge in [0, 0.05) is 18.2 Å². The number of terminal acetylenes is 1. The van der Waals surface area contributed by atoms with Gasteiger partial charge >= 0.3 is 6.09 Å². The molecular weight excluding hydrogens is 508 g/mol. The first-order valence-corrected chi connectivity index (χ1v) is 14.3. The normalized spacial score (nSPS) is 13.3. The maximum absolute atomic E-state index is 14.1. The molecule has 4 N–H and O–H groups in total. The third-order valence-corrected chi connectivity index (χ3v) is 6.24. The number of nitrogens with zero attached hydrogens (tertiary/aromatic N) is 1. The zero-order chi connectivity index (χ0) is 30.3. The molecule has 9 nitrogen and oxygen atoms in total. The number of primary amides is 1. The van der Waals surface area contributed by atoms with E-state index in [2.05, 4.69) is 23.5 Å². The molecule has 222 valence electrons. The van der Waals surface area contributed by atoms with Crippen molar-refractivity contribution in [3.05, 3.63) is 35.4 Å². The second-order valence-corrected chi connectivity index (χ2v) is 11.2. The molecule has 0 saturated carbocycles. The van der Waals surface area contributed by atoms with Crippen LogP contribution >= 0.6 is 0 Å². The quantitative estimate of drug-likeness (QED) is 0.203. The summed E-state index contributed by atoms with van der Waals surface area (Å²) < 4.78 is 5.33. The van der Waals surface area contributed by atoms with Crippen LogP contribution in [-0.4, -0.2) is 52.9 Å². The molecule has 3 atom stereocenters. The van der Waals surface area contributed by atoms with Gasteiger partial charge in [0.1, 0.15) is 17.7 Å². The number of carbonyl (C=O) groups is 4. The molecule has 3 unspecified atom stereocenters. The monoisotopic (exact) mass is 556 g/mol. The van der Waals surface area contributed by atoms with Crippen molar-refractivity contribution in [3.8, 4) is 12.3 Å². The van der Waals surface area contributed by atoms with E-state index in [4.69, 9.17) is 16.9 Å². The molecule has 0 heterocycles. The minimum Gasteiger partial charge on any atom is -0.444 e. The lowest BCUT2D eigenvalue weighted by atomic mass is 9.99. The molecule has 40 heavy (non-hydrogen) atoms. The molecule has 0 bridgehead atoms. The number of hydrogen-bond acceptors (Lipinski definition) is 5. The summed E-state index contributed by atoms with van der Waals surface area (Å²) in [7, 11) is 0. The van der Waals surface area contributed by atoms with E-state index in [-0.39, 0.29) is 18.5 Å². The fraction of sp³-hybridized carbons (Fsp3) is 0.613. The molecule has 0 aliphatic carbocycles. The number of nitrogens with one attached hydrogen (secondary N) is 2. The Kier molecular flexibility index (Phi) is 14.8. The number of rotatable bonds is 16. The fourth-order valence-corrected chi connectivity index (χ4v) is 4.36. The highest BCUT2D eigenvalue weighted by Crippen LogP contribution is 2.25. The Balaban J connectivity index is 3.53. The molecule has 1 aromatic rings. The first-order chi connectivity index (χ1) is 18.8. The molecule has 0 aliphatic heterocycles. The van der Waals surface area contributed by atoms with Gasteiger partial charge in [0.2, 0.25) is 17.7 Å². The van der Waals surface area contributed by atoms with Crippen molar-refractivity contribution >= 4 is 23.8 Å². The second kappa shape index (κ2) is 17.2. The second-order valence-electron chi connectivity index (χ2n) is 11.2.